The van der Waals surface area contributed by atoms with Crippen LogP contribution in [0.3, 0.4) is 0 Å². The van der Waals surface area contributed by atoms with Crippen molar-refractivity contribution in [3.8, 4) is 5.88 Å². The highest BCUT2D eigenvalue weighted by molar-refractivity contribution is 5.34. The number of halogens is 3. The molecule has 1 heterocycles. The predicted molar refractivity (Wildman–Crippen MR) is 73.5 cm³/mol. The van der Waals surface area contributed by atoms with Crippen LogP contribution in [-0.4, -0.2) is 28.7 Å². The molecule has 0 aliphatic rings. The van der Waals surface area contributed by atoms with Crippen LogP contribution in [0.2, 0.25) is 0 Å². The first-order valence-corrected chi connectivity index (χ1v) is 6.37. The monoisotopic (exact) mass is 313 g/mol. The summed E-state index contributed by atoms with van der Waals surface area (Å²) in [6, 6.07) is 6.41. The second-order valence-electron chi connectivity index (χ2n) is 4.40. The summed E-state index contributed by atoms with van der Waals surface area (Å²) >= 11 is 0. The van der Waals surface area contributed by atoms with Gasteiger partial charge in [-0.1, -0.05) is 18.2 Å². The zero-order valence-electron chi connectivity index (χ0n) is 11.6. The van der Waals surface area contributed by atoms with Crippen LogP contribution in [-0.2, 0) is 6.18 Å². The molecule has 2 N–H and O–H groups in total. The van der Waals surface area contributed by atoms with E-state index >= 15 is 0 Å². The van der Waals surface area contributed by atoms with Gasteiger partial charge in [-0.2, -0.15) is 18.2 Å². The van der Waals surface area contributed by atoms with Crippen LogP contribution in [0.25, 0.3) is 0 Å². The number of anilines is 1. The van der Waals surface area contributed by atoms with Crippen molar-refractivity contribution in [1.82, 2.24) is 9.97 Å². The van der Waals surface area contributed by atoms with Crippen molar-refractivity contribution in [2.45, 2.75) is 12.3 Å². The Morgan fingerprint density at radius 2 is 2.00 bits per heavy atom. The number of hydrogen-bond donors (Lipinski definition) is 2. The van der Waals surface area contributed by atoms with Crippen LogP contribution >= 0.6 is 0 Å². The van der Waals surface area contributed by atoms with Crippen LogP contribution < -0.4 is 10.1 Å². The van der Waals surface area contributed by atoms with Crippen LogP contribution in [0, 0.1) is 0 Å². The van der Waals surface area contributed by atoms with E-state index in [0.717, 1.165) is 6.07 Å². The van der Waals surface area contributed by atoms with Gasteiger partial charge in [0.05, 0.1) is 18.8 Å². The standard InChI is InChI=1S/C14H14F3N3O2/c1-22-12-6-7-18-13(20-12)19-8-11(21)9-4-2-3-5-10(9)14(15,16)17/h2-7,11,21H,8H2,1H3,(H,18,19,20)/t11-/m0/s1. The molecule has 2 rings (SSSR count). The summed E-state index contributed by atoms with van der Waals surface area (Å²) in [6.07, 6.45) is -4.44. The third kappa shape index (κ3) is 3.85. The van der Waals surface area contributed by atoms with Crippen molar-refractivity contribution in [2.24, 2.45) is 0 Å². The fourth-order valence-electron chi connectivity index (χ4n) is 1.88. The third-order valence-electron chi connectivity index (χ3n) is 2.92. The summed E-state index contributed by atoms with van der Waals surface area (Å²) in [6.45, 7) is -0.166. The molecule has 0 saturated carbocycles. The van der Waals surface area contributed by atoms with Gasteiger partial charge in [0.2, 0.25) is 11.8 Å². The van der Waals surface area contributed by atoms with E-state index in [2.05, 4.69) is 15.3 Å². The SMILES string of the molecule is COc1ccnc(NC[C@H](O)c2ccccc2C(F)(F)F)n1. The average molecular weight is 313 g/mol. The summed E-state index contributed by atoms with van der Waals surface area (Å²) in [7, 11) is 1.43. The first-order valence-electron chi connectivity index (χ1n) is 6.37. The molecule has 0 aliphatic carbocycles. The lowest BCUT2D eigenvalue weighted by molar-refractivity contribution is -0.139. The minimum Gasteiger partial charge on any atom is -0.481 e. The van der Waals surface area contributed by atoms with Gasteiger partial charge in [-0.05, 0) is 11.6 Å². The average Bonchev–Trinajstić information content (AvgIpc) is 2.52. The molecule has 1 atom stereocenters. The van der Waals surface area contributed by atoms with E-state index in [1.54, 1.807) is 0 Å². The number of methoxy groups -OCH3 is 1. The number of aliphatic hydroxyl groups excluding tert-OH is 1. The Bertz CT molecular complexity index is 635. The van der Waals surface area contributed by atoms with Crippen LogP contribution in [0.1, 0.15) is 17.2 Å². The lowest BCUT2D eigenvalue weighted by Crippen LogP contribution is -2.18. The Labute approximate surface area is 124 Å². The third-order valence-corrected chi connectivity index (χ3v) is 2.92. The molecule has 0 radical (unpaired) electrons. The number of alkyl halides is 3. The highest BCUT2D eigenvalue weighted by atomic mass is 19.4. The molecule has 0 fully saturated rings. The van der Waals surface area contributed by atoms with Crippen LogP contribution in [0.15, 0.2) is 36.5 Å². The molecule has 118 valence electrons. The molecule has 0 saturated heterocycles. The number of ether oxygens (including phenoxy) is 1. The van der Waals surface area contributed by atoms with E-state index in [4.69, 9.17) is 4.74 Å². The van der Waals surface area contributed by atoms with Crippen LogP contribution in [0.4, 0.5) is 19.1 Å². The van der Waals surface area contributed by atoms with Crippen LogP contribution in [0.5, 0.6) is 5.88 Å². The lowest BCUT2D eigenvalue weighted by Gasteiger charge is -2.17. The Morgan fingerprint density at radius 1 is 1.27 bits per heavy atom. The zero-order chi connectivity index (χ0) is 16.2. The van der Waals surface area contributed by atoms with Gasteiger partial charge in [-0.25, -0.2) is 4.98 Å². The number of nitrogens with zero attached hydrogens (tertiary/aromatic N) is 2. The number of benzene rings is 1. The fraction of sp³-hybridized carbons (Fsp3) is 0.286. The first-order chi connectivity index (χ1) is 10.4. The minimum atomic E-state index is -4.52. The molecule has 8 heteroatoms. The van der Waals surface area contributed by atoms with E-state index in [9.17, 15) is 18.3 Å². The zero-order valence-corrected chi connectivity index (χ0v) is 11.6. The normalized spacial score (nSPS) is 12.8. The van der Waals surface area contributed by atoms with Crippen molar-refractivity contribution < 1.29 is 23.0 Å². The summed E-state index contributed by atoms with van der Waals surface area (Å²) in [5, 5.41) is 12.7. The van der Waals surface area contributed by atoms with Crippen molar-refractivity contribution in [2.75, 3.05) is 19.0 Å². The molecular weight excluding hydrogens is 299 g/mol. The molecular formula is C14H14F3N3O2. The Balaban J connectivity index is 2.11. The van der Waals surface area contributed by atoms with Crippen molar-refractivity contribution >= 4 is 5.95 Å². The van der Waals surface area contributed by atoms with Gasteiger partial charge in [0.15, 0.2) is 0 Å². The molecule has 0 unspecified atom stereocenters. The first kappa shape index (κ1) is 16.0. The van der Waals surface area contributed by atoms with Gasteiger partial charge in [-0.15, -0.1) is 0 Å². The summed E-state index contributed by atoms with van der Waals surface area (Å²) < 4.78 is 43.6. The highest BCUT2D eigenvalue weighted by Crippen LogP contribution is 2.34. The Hall–Kier alpha value is -2.35. The minimum absolute atomic E-state index is 0.155. The number of hydrogen-bond acceptors (Lipinski definition) is 5. The van der Waals surface area contributed by atoms with E-state index in [-0.39, 0.29) is 18.1 Å². The number of rotatable bonds is 5. The topological polar surface area (TPSA) is 67.3 Å². The van der Waals surface area contributed by atoms with Gasteiger partial charge >= 0.3 is 6.18 Å². The molecule has 0 amide bonds. The van der Waals surface area contributed by atoms with Crippen molar-refractivity contribution in [1.29, 1.82) is 0 Å². The summed E-state index contributed by atoms with van der Waals surface area (Å²) in [4.78, 5) is 7.84. The molecule has 1 aromatic carbocycles. The van der Waals surface area contributed by atoms with Gasteiger partial charge in [0.25, 0.3) is 0 Å². The number of aromatic nitrogens is 2. The maximum Gasteiger partial charge on any atom is 0.416 e. The van der Waals surface area contributed by atoms with Crippen molar-refractivity contribution in [3.05, 3.63) is 47.7 Å². The molecule has 0 bridgehead atoms. The molecule has 22 heavy (non-hydrogen) atoms. The van der Waals surface area contributed by atoms with E-state index in [1.807, 2.05) is 0 Å². The van der Waals surface area contributed by atoms with E-state index < -0.39 is 17.8 Å². The van der Waals surface area contributed by atoms with Gasteiger partial charge in [0.1, 0.15) is 0 Å². The molecule has 0 aliphatic heterocycles. The lowest BCUT2D eigenvalue weighted by atomic mass is 10.0. The molecule has 2 aromatic rings. The summed E-state index contributed by atoms with van der Waals surface area (Å²) in [5.74, 6) is 0.463. The maximum atomic E-state index is 12.9. The predicted octanol–water partition coefficient (Wildman–Crippen LogP) is 2.65. The second kappa shape index (κ2) is 6.61. The van der Waals surface area contributed by atoms with Gasteiger partial charge in [0, 0.05) is 18.8 Å². The second-order valence-corrected chi connectivity index (χ2v) is 4.40. The maximum absolute atomic E-state index is 12.9. The van der Waals surface area contributed by atoms with E-state index in [1.165, 1.54) is 37.6 Å². The fourth-order valence-corrected chi connectivity index (χ4v) is 1.88. The van der Waals surface area contributed by atoms with Gasteiger partial charge < -0.3 is 15.2 Å². The molecule has 0 spiro atoms. The quantitative estimate of drug-likeness (QED) is 0.888. The largest absolute Gasteiger partial charge is 0.481 e. The Morgan fingerprint density at radius 3 is 2.68 bits per heavy atom. The Kier molecular flexibility index (Phi) is 4.81. The number of aliphatic hydroxyl groups is 1. The molecule has 5 nitrogen and oxygen atoms in total. The van der Waals surface area contributed by atoms with Crippen molar-refractivity contribution in [3.63, 3.8) is 0 Å². The smallest absolute Gasteiger partial charge is 0.416 e. The molecule has 1 aromatic heterocycles. The van der Waals surface area contributed by atoms with E-state index in [0.29, 0.717) is 5.88 Å². The van der Waals surface area contributed by atoms with Gasteiger partial charge in [-0.3, -0.25) is 0 Å². The summed E-state index contributed by atoms with van der Waals surface area (Å²) in [5.41, 5.74) is -1.07. The highest BCUT2D eigenvalue weighted by Gasteiger charge is 2.34. The number of nitrogens with one attached hydrogen (secondary N) is 1.